The normalized spacial score (nSPS) is 19.3. The third-order valence-electron chi connectivity index (χ3n) is 2.93. The maximum absolute atomic E-state index is 11.9. The molecular weight excluding hydrogens is 216 g/mol. The highest BCUT2D eigenvalue weighted by molar-refractivity contribution is 5.82. The summed E-state index contributed by atoms with van der Waals surface area (Å²) >= 11 is 0. The van der Waals surface area contributed by atoms with E-state index < -0.39 is 6.10 Å². The molecule has 3 N–H and O–H groups in total. The van der Waals surface area contributed by atoms with E-state index in [1.165, 1.54) is 0 Å². The SMILES string of the molecule is CC(CCN)NC(=O)C1Cc2ccccc2O1. The summed E-state index contributed by atoms with van der Waals surface area (Å²) in [7, 11) is 0. The van der Waals surface area contributed by atoms with Gasteiger partial charge in [-0.25, -0.2) is 0 Å². The van der Waals surface area contributed by atoms with E-state index in [4.69, 9.17) is 10.5 Å². The molecule has 4 heteroatoms. The predicted molar refractivity (Wildman–Crippen MR) is 65.8 cm³/mol. The van der Waals surface area contributed by atoms with Gasteiger partial charge in [-0.3, -0.25) is 4.79 Å². The Labute approximate surface area is 101 Å². The highest BCUT2D eigenvalue weighted by Crippen LogP contribution is 2.28. The van der Waals surface area contributed by atoms with Crippen molar-refractivity contribution in [2.45, 2.75) is 31.9 Å². The number of hydrogen-bond acceptors (Lipinski definition) is 3. The number of carbonyl (C=O) groups excluding carboxylic acids is 1. The minimum absolute atomic E-state index is 0.0536. The van der Waals surface area contributed by atoms with Gasteiger partial charge in [-0.15, -0.1) is 0 Å². The Morgan fingerprint density at radius 1 is 1.59 bits per heavy atom. The van der Waals surface area contributed by atoms with Crippen molar-refractivity contribution in [2.24, 2.45) is 5.73 Å². The summed E-state index contributed by atoms with van der Waals surface area (Å²) in [5.41, 5.74) is 6.54. The lowest BCUT2D eigenvalue weighted by atomic mass is 10.1. The van der Waals surface area contributed by atoms with Crippen molar-refractivity contribution >= 4 is 5.91 Å². The second-order valence-corrected chi connectivity index (χ2v) is 4.41. The van der Waals surface area contributed by atoms with Crippen LogP contribution in [0.5, 0.6) is 5.75 Å². The summed E-state index contributed by atoms with van der Waals surface area (Å²) in [6, 6.07) is 7.85. The Bertz CT molecular complexity index is 381. The standard InChI is InChI=1S/C13H18N2O2/c1-9(6-7-14)15-13(16)12-8-10-4-2-3-5-11(10)17-12/h2-5,9,12H,6-8,14H2,1H3,(H,15,16). The van der Waals surface area contributed by atoms with Crippen LogP contribution in [0.2, 0.25) is 0 Å². The highest BCUT2D eigenvalue weighted by atomic mass is 16.5. The van der Waals surface area contributed by atoms with Crippen molar-refractivity contribution in [3.05, 3.63) is 29.8 Å². The van der Waals surface area contributed by atoms with Gasteiger partial charge in [-0.1, -0.05) is 18.2 Å². The second-order valence-electron chi connectivity index (χ2n) is 4.41. The molecule has 0 fully saturated rings. The molecule has 1 heterocycles. The second kappa shape index (κ2) is 5.19. The van der Waals surface area contributed by atoms with Gasteiger partial charge in [-0.05, 0) is 31.5 Å². The van der Waals surface area contributed by atoms with Gasteiger partial charge < -0.3 is 15.8 Å². The molecule has 1 aliphatic heterocycles. The molecule has 0 aliphatic carbocycles. The molecule has 4 nitrogen and oxygen atoms in total. The summed E-state index contributed by atoms with van der Waals surface area (Å²) in [4.78, 5) is 11.9. The number of benzene rings is 1. The average molecular weight is 234 g/mol. The number of carbonyl (C=O) groups is 1. The maximum atomic E-state index is 11.9. The topological polar surface area (TPSA) is 64.3 Å². The summed E-state index contributed by atoms with van der Waals surface area (Å²) in [6.45, 7) is 2.53. The number of fused-ring (bicyclic) bond motifs is 1. The minimum atomic E-state index is -0.396. The molecule has 2 rings (SSSR count). The molecule has 1 aromatic rings. The molecule has 17 heavy (non-hydrogen) atoms. The lowest BCUT2D eigenvalue weighted by molar-refractivity contribution is -0.127. The van der Waals surface area contributed by atoms with Crippen molar-refractivity contribution in [2.75, 3.05) is 6.54 Å². The summed E-state index contributed by atoms with van der Waals surface area (Å²) in [6.07, 6.45) is 1.04. The van der Waals surface area contributed by atoms with Gasteiger partial charge in [0, 0.05) is 12.5 Å². The van der Waals surface area contributed by atoms with Gasteiger partial charge in [0.1, 0.15) is 5.75 Å². The van der Waals surface area contributed by atoms with Crippen molar-refractivity contribution < 1.29 is 9.53 Å². The molecule has 0 saturated heterocycles. The molecule has 2 unspecified atom stereocenters. The summed E-state index contributed by atoms with van der Waals surface area (Å²) < 4.78 is 5.60. The Kier molecular flexibility index (Phi) is 3.64. The zero-order valence-corrected chi connectivity index (χ0v) is 9.98. The smallest absolute Gasteiger partial charge is 0.261 e. The molecule has 1 amide bonds. The quantitative estimate of drug-likeness (QED) is 0.811. The fraction of sp³-hybridized carbons (Fsp3) is 0.462. The molecule has 0 aromatic heterocycles. The molecule has 0 saturated carbocycles. The largest absolute Gasteiger partial charge is 0.480 e. The zero-order chi connectivity index (χ0) is 12.3. The molecule has 0 radical (unpaired) electrons. The lowest BCUT2D eigenvalue weighted by Crippen LogP contribution is -2.42. The van der Waals surface area contributed by atoms with E-state index in [2.05, 4.69) is 5.32 Å². The summed E-state index contributed by atoms with van der Waals surface area (Å²) in [5, 5.41) is 2.91. The van der Waals surface area contributed by atoms with E-state index in [-0.39, 0.29) is 11.9 Å². The van der Waals surface area contributed by atoms with Crippen LogP contribution >= 0.6 is 0 Å². The van der Waals surface area contributed by atoms with Crippen LogP contribution in [0.15, 0.2) is 24.3 Å². The van der Waals surface area contributed by atoms with Gasteiger partial charge in [-0.2, -0.15) is 0 Å². The number of rotatable bonds is 4. The fourth-order valence-electron chi connectivity index (χ4n) is 1.99. The number of nitrogens with one attached hydrogen (secondary N) is 1. The third kappa shape index (κ3) is 2.77. The van der Waals surface area contributed by atoms with Crippen LogP contribution in [-0.2, 0) is 11.2 Å². The van der Waals surface area contributed by atoms with Crippen molar-refractivity contribution in [3.63, 3.8) is 0 Å². The van der Waals surface area contributed by atoms with E-state index in [0.717, 1.165) is 17.7 Å². The zero-order valence-electron chi connectivity index (χ0n) is 9.98. The van der Waals surface area contributed by atoms with Crippen LogP contribution in [0.4, 0.5) is 0 Å². The number of para-hydroxylation sites is 1. The van der Waals surface area contributed by atoms with Gasteiger partial charge in [0.25, 0.3) is 5.91 Å². The minimum Gasteiger partial charge on any atom is -0.480 e. The van der Waals surface area contributed by atoms with Gasteiger partial charge in [0.15, 0.2) is 6.10 Å². The van der Waals surface area contributed by atoms with Crippen LogP contribution in [0.25, 0.3) is 0 Å². The van der Waals surface area contributed by atoms with Crippen molar-refractivity contribution in [1.29, 1.82) is 0 Å². The van der Waals surface area contributed by atoms with Gasteiger partial charge in [0.05, 0.1) is 0 Å². The van der Waals surface area contributed by atoms with Gasteiger partial charge in [0.2, 0.25) is 0 Å². The third-order valence-corrected chi connectivity index (χ3v) is 2.93. The van der Waals surface area contributed by atoms with Crippen LogP contribution in [0.1, 0.15) is 18.9 Å². The molecule has 1 aromatic carbocycles. The van der Waals surface area contributed by atoms with E-state index >= 15 is 0 Å². The number of hydrogen-bond donors (Lipinski definition) is 2. The first-order chi connectivity index (χ1) is 8.20. The Morgan fingerprint density at radius 2 is 2.35 bits per heavy atom. The predicted octanol–water partition coefficient (Wildman–Crippen LogP) is 0.844. The first kappa shape index (κ1) is 11.9. The van der Waals surface area contributed by atoms with E-state index in [1.54, 1.807) is 0 Å². The van der Waals surface area contributed by atoms with Crippen molar-refractivity contribution in [3.8, 4) is 5.75 Å². The van der Waals surface area contributed by atoms with E-state index in [9.17, 15) is 4.79 Å². The maximum Gasteiger partial charge on any atom is 0.261 e. The van der Waals surface area contributed by atoms with Crippen LogP contribution in [0.3, 0.4) is 0 Å². The Hall–Kier alpha value is -1.55. The molecule has 0 bridgehead atoms. The first-order valence-corrected chi connectivity index (χ1v) is 5.95. The number of amides is 1. The molecule has 92 valence electrons. The Balaban J connectivity index is 1.92. The fourth-order valence-corrected chi connectivity index (χ4v) is 1.99. The van der Waals surface area contributed by atoms with Crippen LogP contribution in [-0.4, -0.2) is 24.6 Å². The Morgan fingerprint density at radius 3 is 3.06 bits per heavy atom. The van der Waals surface area contributed by atoms with Crippen molar-refractivity contribution in [1.82, 2.24) is 5.32 Å². The van der Waals surface area contributed by atoms with E-state index in [1.807, 2.05) is 31.2 Å². The monoisotopic (exact) mass is 234 g/mol. The molecular formula is C13H18N2O2. The molecule has 1 aliphatic rings. The van der Waals surface area contributed by atoms with Crippen LogP contribution < -0.4 is 15.8 Å². The van der Waals surface area contributed by atoms with E-state index in [0.29, 0.717) is 13.0 Å². The van der Waals surface area contributed by atoms with Gasteiger partial charge >= 0.3 is 0 Å². The first-order valence-electron chi connectivity index (χ1n) is 5.95. The highest BCUT2D eigenvalue weighted by Gasteiger charge is 2.29. The lowest BCUT2D eigenvalue weighted by Gasteiger charge is -2.16. The number of ether oxygens (including phenoxy) is 1. The number of nitrogens with two attached hydrogens (primary N) is 1. The molecule has 2 atom stereocenters. The molecule has 0 spiro atoms. The average Bonchev–Trinajstić information content (AvgIpc) is 2.72. The summed E-state index contributed by atoms with van der Waals surface area (Å²) in [5.74, 6) is 0.765. The van der Waals surface area contributed by atoms with Crippen LogP contribution in [0, 0.1) is 0 Å².